The molecule has 2 heterocycles. The molecule has 1 N–H and O–H groups in total. The SMILES string of the molecule is O=C(O)CC1CCN(C(=O)c2ccc(N3CCCC3=O)cc2)CC1. The van der Waals surface area contributed by atoms with Gasteiger partial charge in [0.05, 0.1) is 0 Å². The van der Waals surface area contributed by atoms with Crippen molar-refractivity contribution in [2.45, 2.75) is 32.1 Å². The Balaban J connectivity index is 1.59. The Kier molecular flexibility index (Phi) is 4.83. The molecule has 0 saturated carbocycles. The van der Waals surface area contributed by atoms with Crippen LogP contribution in [-0.4, -0.2) is 47.4 Å². The summed E-state index contributed by atoms with van der Waals surface area (Å²) in [6, 6.07) is 7.19. The third kappa shape index (κ3) is 3.58. The number of carbonyl (C=O) groups excluding carboxylic acids is 2. The topological polar surface area (TPSA) is 77.9 Å². The zero-order chi connectivity index (χ0) is 17.1. The van der Waals surface area contributed by atoms with Crippen molar-refractivity contribution in [1.82, 2.24) is 4.90 Å². The summed E-state index contributed by atoms with van der Waals surface area (Å²) in [4.78, 5) is 38.6. The molecule has 0 unspecified atom stereocenters. The summed E-state index contributed by atoms with van der Waals surface area (Å²) in [5.74, 6) is -0.500. The van der Waals surface area contributed by atoms with E-state index >= 15 is 0 Å². The van der Waals surface area contributed by atoms with E-state index in [4.69, 9.17) is 5.11 Å². The Labute approximate surface area is 141 Å². The van der Waals surface area contributed by atoms with Crippen LogP contribution in [0.1, 0.15) is 42.5 Å². The predicted molar refractivity (Wildman–Crippen MR) is 88.9 cm³/mol. The number of piperidine rings is 1. The molecule has 24 heavy (non-hydrogen) atoms. The molecule has 6 heteroatoms. The first-order chi connectivity index (χ1) is 11.5. The summed E-state index contributed by atoms with van der Waals surface area (Å²) in [6.45, 7) is 1.94. The lowest BCUT2D eigenvalue weighted by atomic mass is 9.93. The van der Waals surface area contributed by atoms with Crippen molar-refractivity contribution < 1.29 is 19.5 Å². The first kappa shape index (κ1) is 16.5. The molecule has 2 aliphatic heterocycles. The van der Waals surface area contributed by atoms with Gasteiger partial charge in [-0.3, -0.25) is 14.4 Å². The predicted octanol–water partition coefficient (Wildman–Crippen LogP) is 2.14. The van der Waals surface area contributed by atoms with Gasteiger partial charge < -0.3 is 14.9 Å². The Bertz CT molecular complexity index is 633. The van der Waals surface area contributed by atoms with E-state index in [0.717, 1.165) is 31.5 Å². The molecule has 0 spiro atoms. The second-order valence-corrected chi connectivity index (χ2v) is 6.53. The number of hydrogen-bond donors (Lipinski definition) is 1. The Hall–Kier alpha value is -2.37. The number of carboxylic acid groups (broad SMARTS) is 1. The summed E-state index contributed by atoms with van der Waals surface area (Å²) in [6.07, 6.45) is 3.12. The lowest BCUT2D eigenvalue weighted by molar-refractivity contribution is -0.138. The minimum Gasteiger partial charge on any atom is -0.481 e. The van der Waals surface area contributed by atoms with Crippen molar-refractivity contribution in [3.8, 4) is 0 Å². The van der Waals surface area contributed by atoms with Crippen LogP contribution in [0.15, 0.2) is 24.3 Å². The normalized spacial score (nSPS) is 18.9. The van der Waals surface area contributed by atoms with Gasteiger partial charge in [0.2, 0.25) is 5.91 Å². The fourth-order valence-corrected chi connectivity index (χ4v) is 3.47. The zero-order valence-corrected chi connectivity index (χ0v) is 13.6. The Morgan fingerprint density at radius 2 is 1.75 bits per heavy atom. The minimum absolute atomic E-state index is 0.0249. The highest BCUT2D eigenvalue weighted by Gasteiger charge is 2.26. The maximum atomic E-state index is 12.6. The number of aliphatic carboxylic acids is 1. The number of carboxylic acids is 1. The molecular formula is C18H22N2O4. The number of benzene rings is 1. The van der Waals surface area contributed by atoms with Crippen LogP contribution >= 0.6 is 0 Å². The van der Waals surface area contributed by atoms with Gasteiger partial charge in [0, 0.05) is 43.7 Å². The fraction of sp³-hybridized carbons (Fsp3) is 0.500. The van der Waals surface area contributed by atoms with E-state index in [0.29, 0.717) is 25.1 Å². The highest BCUT2D eigenvalue weighted by atomic mass is 16.4. The van der Waals surface area contributed by atoms with Crippen LogP contribution in [0.2, 0.25) is 0 Å². The largest absolute Gasteiger partial charge is 0.481 e. The second kappa shape index (κ2) is 7.03. The van der Waals surface area contributed by atoms with Crippen LogP contribution in [0.3, 0.4) is 0 Å². The first-order valence-corrected chi connectivity index (χ1v) is 8.46. The van der Waals surface area contributed by atoms with Crippen molar-refractivity contribution >= 4 is 23.5 Å². The smallest absolute Gasteiger partial charge is 0.303 e. The van der Waals surface area contributed by atoms with Crippen LogP contribution < -0.4 is 4.90 Å². The molecule has 2 saturated heterocycles. The number of rotatable bonds is 4. The lowest BCUT2D eigenvalue weighted by Gasteiger charge is -2.31. The average Bonchev–Trinajstić information content (AvgIpc) is 3.00. The molecule has 128 valence electrons. The molecule has 0 radical (unpaired) electrons. The minimum atomic E-state index is -0.771. The van der Waals surface area contributed by atoms with Gasteiger partial charge in [-0.25, -0.2) is 0 Å². The quantitative estimate of drug-likeness (QED) is 0.917. The highest BCUT2D eigenvalue weighted by molar-refractivity contribution is 5.97. The number of amides is 2. The molecule has 0 atom stereocenters. The van der Waals surface area contributed by atoms with E-state index in [1.807, 2.05) is 12.1 Å². The van der Waals surface area contributed by atoms with Crippen molar-refractivity contribution in [3.05, 3.63) is 29.8 Å². The summed E-state index contributed by atoms with van der Waals surface area (Å²) in [5, 5.41) is 8.84. The molecular weight excluding hydrogens is 308 g/mol. The van der Waals surface area contributed by atoms with Gasteiger partial charge in [0.25, 0.3) is 5.91 Å². The second-order valence-electron chi connectivity index (χ2n) is 6.53. The standard InChI is InChI=1S/C18H22N2O4/c21-16-2-1-9-20(16)15-5-3-14(4-6-15)18(24)19-10-7-13(8-11-19)12-17(22)23/h3-6,13H,1-2,7-12H2,(H,22,23). The number of likely N-dealkylation sites (tertiary alicyclic amines) is 1. The average molecular weight is 330 g/mol. The zero-order valence-electron chi connectivity index (χ0n) is 13.6. The Morgan fingerprint density at radius 1 is 1.08 bits per heavy atom. The number of anilines is 1. The molecule has 2 aliphatic rings. The van der Waals surface area contributed by atoms with E-state index < -0.39 is 5.97 Å². The summed E-state index contributed by atoms with van der Waals surface area (Å²) in [7, 11) is 0. The summed E-state index contributed by atoms with van der Waals surface area (Å²) in [5.41, 5.74) is 1.45. The van der Waals surface area contributed by atoms with Gasteiger partial charge in [-0.2, -0.15) is 0 Å². The molecule has 2 amide bonds. The fourth-order valence-electron chi connectivity index (χ4n) is 3.47. The van der Waals surface area contributed by atoms with E-state index in [1.54, 1.807) is 21.9 Å². The summed E-state index contributed by atoms with van der Waals surface area (Å²) < 4.78 is 0. The van der Waals surface area contributed by atoms with Gasteiger partial charge in [0.15, 0.2) is 0 Å². The molecule has 0 aliphatic carbocycles. The molecule has 3 rings (SSSR count). The first-order valence-electron chi connectivity index (χ1n) is 8.46. The Morgan fingerprint density at radius 3 is 2.29 bits per heavy atom. The number of nitrogens with zero attached hydrogens (tertiary/aromatic N) is 2. The van der Waals surface area contributed by atoms with Crippen molar-refractivity contribution in [2.24, 2.45) is 5.92 Å². The van der Waals surface area contributed by atoms with Crippen molar-refractivity contribution in [2.75, 3.05) is 24.5 Å². The van der Waals surface area contributed by atoms with Gasteiger partial charge in [-0.05, 0) is 49.4 Å². The number of carbonyl (C=O) groups is 3. The molecule has 0 aromatic heterocycles. The van der Waals surface area contributed by atoms with E-state index in [9.17, 15) is 14.4 Å². The third-order valence-electron chi connectivity index (χ3n) is 4.86. The van der Waals surface area contributed by atoms with E-state index in [1.165, 1.54) is 0 Å². The maximum Gasteiger partial charge on any atom is 0.303 e. The van der Waals surface area contributed by atoms with Gasteiger partial charge in [0.1, 0.15) is 0 Å². The molecule has 6 nitrogen and oxygen atoms in total. The van der Waals surface area contributed by atoms with Gasteiger partial charge in [-0.1, -0.05) is 0 Å². The highest BCUT2D eigenvalue weighted by Crippen LogP contribution is 2.24. The third-order valence-corrected chi connectivity index (χ3v) is 4.86. The monoisotopic (exact) mass is 330 g/mol. The number of hydrogen-bond acceptors (Lipinski definition) is 3. The van der Waals surface area contributed by atoms with E-state index in [-0.39, 0.29) is 24.2 Å². The van der Waals surface area contributed by atoms with Crippen LogP contribution in [0.4, 0.5) is 5.69 Å². The van der Waals surface area contributed by atoms with Crippen LogP contribution in [-0.2, 0) is 9.59 Å². The van der Waals surface area contributed by atoms with Crippen LogP contribution in [0.5, 0.6) is 0 Å². The van der Waals surface area contributed by atoms with Gasteiger partial charge >= 0.3 is 5.97 Å². The van der Waals surface area contributed by atoms with Crippen LogP contribution in [0, 0.1) is 5.92 Å². The molecule has 1 aromatic rings. The molecule has 2 fully saturated rings. The maximum absolute atomic E-state index is 12.6. The van der Waals surface area contributed by atoms with Crippen molar-refractivity contribution in [3.63, 3.8) is 0 Å². The van der Waals surface area contributed by atoms with Crippen molar-refractivity contribution in [1.29, 1.82) is 0 Å². The van der Waals surface area contributed by atoms with E-state index in [2.05, 4.69) is 0 Å². The van der Waals surface area contributed by atoms with Gasteiger partial charge in [-0.15, -0.1) is 0 Å². The summed E-state index contributed by atoms with van der Waals surface area (Å²) >= 11 is 0. The van der Waals surface area contributed by atoms with Crippen LogP contribution in [0.25, 0.3) is 0 Å². The lowest BCUT2D eigenvalue weighted by Crippen LogP contribution is -2.38. The molecule has 0 bridgehead atoms. The molecule has 1 aromatic carbocycles.